The van der Waals surface area contributed by atoms with Crippen molar-refractivity contribution < 1.29 is 0 Å². The Morgan fingerprint density at radius 1 is 1.06 bits per heavy atom. The van der Waals surface area contributed by atoms with Gasteiger partial charge in [0.2, 0.25) is 0 Å². The summed E-state index contributed by atoms with van der Waals surface area (Å²) in [6.07, 6.45) is 0. The SMILES string of the molecule is CCSC(=C(C)C)c1ccc(C(C)(C)C)cc1. The molecule has 0 bridgehead atoms. The molecule has 0 unspecified atom stereocenters. The molecule has 0 nitrogen and oxygen atoms in total. The van der Waals surface area contributed by atoms with Gasteiger partial charge in [0.05, 0.1) is 0 Å². The van der Waals surface area contributed by atoms with Crippen LogP contribution in [0.25, 0.3) is 4.91 Å². The van der Waals surface area contributed by atoms with Gasteiger partial charge >= 0.3 is 0 Å². The molecule has 0 fully saturated rings. The van der Waals surface area contributed by atoms with Crippen LogP contribution in [0.1, 0.15) is 52.7 Å². The second kappa shape index (κ2) is 5.77. The third-order valence-electron chi connectivity index (χ3n) is 2.76. The third kappa shape index (κ3) is 3.92. The maximum absolute atomic E-state index is 2.26. The van der Waals surface area contributed by atoms with Gasteiger partial charge in [-0.2, -0.15) is 0 Å². The van der Waals surface area contributed by atoms with E-state index in [1.54, 1.807) is 0 Å². The van der Waals surface area contributed by atoms with Gasteiger partial charge in [-0.3, -0.25) is 0 Å². The third-order valence-corrected chi connectivity index (χ3v) is 3.98. The van der Waals surface area contributed by atoms with E-state index in [4.69, 9.17) is 0 Å². The molecule has 0 N–H and O–H groups in total. The van der Waals surface area contributed by atoms with Crippen molar-refractivity contribution >= 4 is 16.7 Å². The monoisotopic (exact) mass is 248 g/mol. The summed E-state index contributed by atoms with van der Waals surface area (Å²) in [4.78, 5) is 1.42. The van der Waals surface area contributed by atoms with E-state index in [9.17, 15) is 0 Å². The molecule has 0 radical (unpaired) electrons. The average molecular weight is 248 g/mol. The van der Waals surface area contributed by atoms with Gasteiger partial charge in [0, 0.05) is 4.91 Å². The van der Waals surface area contributed by atoms with Gasteiger partial charge in [-0.25, -0.2) is 0 Å². The molecule has 0 atom stereocenters. The molecule has 0 saturated carbocycles. The van der Waals surface area contributed by atoms with Gasteiger partial charge in [0.1, 0.15) is 0 Å². The molecule has 0 aromatic heterocycles. The molecule has 1 rings (SSSR count). The zero-order chi connectivity index (χ0) is 13.1. The predicted octanol–water partition coefficient (Wildman–Crippen LogP) is 5.49. The van der Waals surface area contributed by atoms with Crippen molar-refractivity contribution in [3.63, 3.8) is 0 Å². The van der Waals surface area contributed by atoms with Gasteiger partial charge in [-0.1, -0.05) is 57.5 Å². The average Bonchev–Trinajstić information content (AvgIpc) is 2.24. The number of rotatable bonds is 3. The van der Waals surface area contributed by atoms with E-state index in [0.717, 1.165) is 5.75 Å². The first-order valence-corrected chi connectivity index (χ1v) is 7.26. The summed E-state index contributed by atoms with van der Waals surface area (Å²) in [6.45, 7) is 13.3. The number of hydrogen-bond acceptors (Lipinski definition) is 1. The van der Waals surface area contributed by atoms with Crippen molar-refractivity contribution in [1.82, 2.24) is 0 Å². The van der Waals surface area contributed by atoms with Crippen molar-refractivity contribution in [3.8, 4) is 0 Å². The number of benzene rings is 1. The van der Waals surface area contributed by atoms with Crippen LogP contribution in [0.4, 0.5) is 0 Å². The summed E-state index contributed by atoms with van der Waals surface area (Å²) < 4.78 is 0. The fourth-order valence-electron chi connectivity index (χ4n) is 1.78. The lowest BCUT2D eigenvalue weighted by Crippen LogP contribution is -2.10. The van der Waals surface area contributed by atoms with Crippen LogP contribution in [0.5, 0.6) is 0 Å². The van der Waals surface area contributed by atoms with Gasteiger partial charge in [0.15, 0.2) is 0 Å². The first-order chi connectivity index (χ1) is 7.86. The molecule has 17 heavy (non-hydrogen) atoms. The Bertz CT molecular complexity index is 387. The molecule has 0 amide bonds. The van der Waals surface area contributed by atoms with Crippen LogP contribution in [-0.2, 0) is 5.41 Å². The fourth-order valence-corrected chi connectivity index (χ4v) is 2.66. The summed E-state index contributed by atoms with van der Waals surface area (Å²) >= 11 is 1.93. The van der Waals surface area contributed by atoms with Crippen LogP contribution in [0, 0.1) is 0 Å². The Morgan fingerprint density at radius 2 is 1.59 bits per heavy atom. The van der Waals surface area contributed by atoms with E-state index in [0.29, 0.717) is 0 Å². The summed E-state index contributed by atoms with van der Waals surface area (Å²) in [7, 11) is 0. The predicted molar refractivity (Wildman–Crippen MR) is 81.5 cm³/mol. The van der Waals surface area contributed by atoms with Crippen molar-refractivity contribution in [2.75, 3.05) is 5.75 Å². The number of hydrogen-bond donors (Lipinski definition) is 0. The van der Waals surface area contributed by atoms with Crippen LogP contribution in [0.15, 0.2) is 29.8 Å². The summed E-state index contributed by atoms with van der Waals surface area (Å²) in [5.41, 5.74) is 4.39. The van der Waals surface area contributed by atoms with Gasteiger partial charge in [-0.05, 0) is 36.1 Å². The Hall–Kier alpha value is -0.690. The van der Waals surface area contributed by atoms with Crippen molar-refractivity contribution in [2.45, 2.75) is 47.0 Å². The smallest absolute Gasteiger partial charge is 0.0131 e. The van der Waals surface area contributed by atoms with Crippen molar-refractivity contribution in [3.05, 3.63) is 41.0 Å². The molecule has 0 aliphatic heterocycles. The van der Waals surface area contributed by atoms with Crippen molar-refractivity contribution in [1.29, 1.82) is 0 Å². The van der Waals surface area contributed by atoms with E-state index >= 15 is 0 Å². The molecule has 1 aromatic rings. The molecule has 0 saturated heterocycles. The van der Waals surface area contributed by atoms with Crippen molar-refractivity contribution in [2.24, 2.45) is 0 Å². The van der Waals surface area contributed by atoms with E-state index in [2.05, 4.69) is 65.8 Å². The van der Waals surface area contributed by atoms with E-state index in [1.165, 1.54) is 21.6 Å². The Balaban J connectivity index is 3.06. The summed E-state index contributed by atoms with van der Waals surface area (Å²) in [5.74, 6) is 1.13. The molecule has 0 spiro atoms. The maximum Gasteiger partial charge on any atom is 0.0131 e. The maximum atomic E-state index is 2.26. The molecule has 1 aromatic carbocycles. The highest BCUT2D eigenvalue weighted by Crippen LogP contribution is 2.32. The van der Waals surface area contributed by atoms with Crippen LogP contribution in [-0.4, -0.2) is 5.75 Å². The van der Waals surface area contributed by atoms with E-state index < -0.39 is 0 Å². The highest BCUT2D eigenvalue weighted by atomic mass is 32.2. The van der Waals surface area contributed by atoms with E-state index in [-0.39, 0.29) is 5.41 Å². The zero-order valence-corrected chi connectivity index (χ0v) is 12.7. The first-order valence-electron chi connectivity index (χ1n) is 6.27. The minimum absolute atomic E-state index is 0.238. The van der Waals surface area contributed by atoms with Gasteiger partial charge in [0.25, 0.3) is 0 Å². The van der Waals surface area contributed by atoms with Crippen LogP contribution < -0.4 is 0 Å². The quantitative estimate of drug-likeness (QED) is 0.681. The largest absolute Gasteiger partial charge is 0.126 e. The second-order valence-electron chi connectivity index (χ2n) is 5.59. The Morgan fingerprint density at radius 3 is 1.94 bits per heavy atom. The van der Waals surface area contributed by atoms with Crippen LogP contribution in [0.3, 0.4) is 0 Å². The minimum Gasteiger partial charge on any atom is -0.126 e. The molecule has 0 heterocycles. The zero-order valence-electron chi connectivity index (χ0n) is 11.9. The summed E-state index contributed by atoms with van der Waals surface area (Å²) in [5, 5.41) is 0. The van der Waals surface area contributed by atoms with Gasteiger partial charge in [-0.15, -0.1) is 11.8 Å². The lowest BCUT2D eigenvalue weighted by atomic mass is 9.86. The molecule has 1 heteroatoms. The molecule has 0 aliphatic carbocycles. The highest BCUT2D eigenvalue weighted by molar-refractivity contribution is 8.08. The highest BCUT2D eigenvalue weighted by Gasteiger charge is 2.13. The standard InChI is InChI=1S/C16H24S/c1-7-17-15(12(2)3)13-8-10-14(11-9-13)16(4,5)6/h8-11H,7H2,1-6H3. The topological polar surface area (TPSA) is 0 Å². The van der Waals surface area contributed by atoms with Gasteiger partial charge < -0.3 is 0 Å². The molecule has 94 valence electrons. The van der Waals surface area contributed by atoms with Crippen LogP contribution in [0.2, 0.25) is 0 Å². The number of thioether (sulfide) groups is 1. The Kier molecular flexibility index (Phi) is 4.88. The lowest BCUT2D eigenvalue weighted by Gasteiger charge is -2.19. The van der Waals surface area contributed by atoms with Crippen LogP contribution >= 0.6 is 11.8 Å². The normalized spacial score (nSPS) is 11.4. The molecular formula is C16H24S. The first kappa shape index (κ1) is 14.4. The summed E-state index contributed by atoms with van der Waals surface area (Å²) in [6, 6.07) is 9.03. The Labute approximate surface area is 111 Å². The fraction of sp³-hybridized carbons (Fsp3) is 0.500. The second-order valence-corrected chi connectivity index (χ2v) is 6.86. The van der Waals surface area contributed by atoms with E-state index in [1.807, 2.05) is 11.8 Å². The molecular weight excluding hydrogens is 224 g/mol. The lowest BCUT2D eigenvalue weighted by molar-refractivity contribution is 0.590. The number of allylic oxidation sites excluding steroid dienone is 1. The molecule has 0 aliphatic rings. The minimum atomic E-state index is 0.238.